The molecule has 24 heavy (non-hydrogen) atoms. The molecule has 132 valence electrons. The normalized spacial score (nSPS) is 18.9. The van der Waals surface area contributed by atoms with Gasteiger partial charge in [0.1, 0.15) is 0 Å². The summed E-state index contributed by atoms with van der Waals surface area (Å²) in [5, 5.41) is 13.8. The van der Waals surface area contributed by atoms with Crippen molar-refractivity contribution in [2.45, 2.75) is 32.7 Å². The fourth-order valence-electron chi connectivity index (χ4n) is 2.94. The molecule has 0 bridgehead atoms. The lowest BCUT2D eigenvalue weighted by molar-refractivity contribution is -0.384. The zero-order valence-corrected chi connectivity index (χ0v) is 14.2. The van der Waals surface area contributed by atoms with Crippen LogP contribution in [0, 0.1) is 16.0 Å². The molecule has 1 N–H and O–H groups in total. The van der Waals surface area contributed by atoms with Gasteiger partial charge in [-0.25, -0.2) is 4.79 Å². The monoisotopic (exact) mass is 335 g/mol. The van der Waals surface area contributed by atoms with Crippen LogP contribution in [0.3, 0.4) is 0 Å². The molecule has 1 aliphatic rings. The van der Waals surface area contributed by atoms with E-state index in [0.29, 0.717) is 25.7 Å². The van der Waals surface area contributed by atoms with Crippen LogP contribution in [0.2, 0.25) is 0 Å². The van der Waals surface area contributed by atoms with Gasteiger partial charge in [0, 0.05) is 37.7 Å². The number of amides is 2. The number of carbonyl (C=O) groups is 1. The van der Waals surface area contributed by atoms with Gasteiger partial charge >= 0.3 is 6.03 Å². The second-order valence-electron chi connectivity index (χ2n) is 6.14. The van der Waals surface area contributed by atoms with Gasteiger partial charge in [-0.15, -0.1) is 0 Å². The number of carbonyl (C=O) groups excluding carboxylic acids is 1. The Labute approximate surface area is 142 Å². The molecule has 1 aromatic rings. The van der Waals surface area contributed by atoms with E-state index < -0.39 is 4.92 Å². The van der Waals surface area contributed by atoms with Gasteiger partial charge in [0.15, 0.2) is 0 Å². The van der Waals surface area contributed by atoms with Gasteiger partial charge in [0.05, 0.1) is 17.6 Å². The molecule has 7 heteroatoms. The SMILES string of the molecule is CCOC[C@H]1CCCN(C(=O)N[C@H](C)c2cccc([N+](=O)[O-])c2)C1. The third kappa shape index (κ3) is 4.92. The van der Waals surface area contributed by atoms with E-state index in [4.69, 9.17) is 4.74 Å². The first kappa shape index (κ1) is 18.2. The van der Waals surface area contributed by atoms with Crippen LogP contribution in [0.4, 0.5) is 10.5 Å². The van der Waals surface area contributed by atoms with Gasteiger partial charge in [-0.05, 0) is 32.3 Å². The number of benzene rings is 1. The molecular formula is C17H25N3O4. The van der Waals surface area contributed by atoms with Crippen molar-refractivity contribution in [3.05, 3.63) is 39.9 Å². The molecule has 0 radical (unpaired) electrons. The molecule has 2 amide bonds. The van der Waals surface area contributed by atoms with E-state index in [1.54, 1.807) is 17.0 Å². The standard InChI is InChI=1S/C17H25N3O4/c1-3-24-12-14-6-5-9-19(11-14)17(21)18-13(2)15-7-4-8-16(10-15)20(22)23/h4,7-8,10,13-14H,3,5-6,9,11-12H2,1-2H3,(H,18,21)/t13-,14+/m1/s1. The molecule has 1 aromatic carbocycles. The Morgan fingerprint density at radius 1 is 1.54 bits per heavy atom. The molecule has 2 rings (SSSR count). The fourth-order valence-corrected chi connectivity index (χ4v) is 2.94. The van der Waals surface area contributed by atoms with Gasteiger partial charge in [0.25, 0.3) is 5.69 Å². The van der Waals surface area contributed by atoms with Crippen molar-refractivity contribution in [2.24, 2.45) is 5.92 Å². The van der Waals surface area contributed by atoms with E-state index >= 15 is 0 Å². The number of hydrogen-bond donors (Lipinski definition) is 1. The average molecular weight is 335 g/mol. The number of nitrogens with zero attached hydrogens (tertiary/aromatic N) is 2. The van der Waals surface area contributed by atoms with Crippen molar-refractivity contribution in [1.82, 2.24) is 10.2 Å². The van der Waals surface area contributed by atoms with Gasteiger partial charge in [-0.2, -0.15) is 0 Å². The molecule has 0 unspecified atom stereocenters. The van der Waals surface area contributed by atoms with Crippen LogP contribution in [0.5, 0.6) is 0 Å². The number of piperidine rings is 1. The second-order valence-corrected chi connectivity index (χ2v) is 6.14. The summed E-state index contributed by atoms with van der Waals surface area (Å²) in [6.45, 7) is 6.59. The van der Waals surface area contributed by atoms with Crippen LogP contribution in [0.1, 0.15) is 38.3 Å². The molecular weight excluding hydrogens is 310 g/mol. The molecule has 1 saturated heterocycles. The third-order valence-corrected chi connectivity index (χ3v) is 4.28. The molecule has 1 aliphatic heterocycles. The number of rotatable bonds is 6. The summed E-state index contributed by atoms with van der Waals surface area (Å²) in [4.78, 5) is 24.7. The highest BCUT2D eigenvalue weighted by Gasteiger charge is 2.25. The highest BCUT2D eigenvalue weighted by atomic mass is 16.6. The summed E-state index contributed by atoms with van der Waals surface area (Å²) in [7, 11) is 0. The first-order valence-electron chi connectivity index (χ1n) is 8.38. The summed E-state index contributed by atoms with van der Waals surface area (Å²) in [5.41, 5.74) is 0.753. The maximum absolute atomic E-state index is 12.5. The second kappa shape index (κ2) is 8.63. The zero-order valence-electron chi connectivity index (χ0n) is 14.2. The molecule has 0 aromatic heterocycles. The summed E-state index contributed by atoms with van der Waals surface area (Å²) in [6, 6.07) is 5.95. The van der Waals surface area contributed by atoms with Gasteiger partial charge in [-0.1, -0.05) is 12.1 Å². The Hall–Kier alpha value is -2.15. The van der Waals surface area contributed by atoms with E-state index in [9.17, 15) is 14.9 Å². The van der Waals surface area contributed by atoms with Crippen molar-refractivity contribution in [3.63, 3.8) is 0 Å². The summed E-state index contributed by atoms with van der Waals surface area (Å²) in [5.74, 6) is 0.373. The highest BCUT2D eigenvalue weighted by molar-refractivity contribution is 5.74. The van der Waals surface area contributed by atoms with Crippen LogP contribution in [0.15, 0.2) is 24.3 Å². The minimum atomic E-state index is -0.430. The largest absolute Gasteiger partial charge is 0.381 e. The van der Waals surface area contributed by atoms with Crippen molar-refractivity contribution >= 4 is 11.7 Å². The molecule has 0 saturated carbocycles. The lowest BCUT2D eigenvalue weighted by Crippen LogP contribution is -2.46. The van der Waals surface area contributed by atoms with Crippen LogP contribution < -0.4 is 5.32 Å². The fraction of sp³-hybridized carbons (Fsp3) is 0.588. The molecule has 1 fully saturated rings. The number of likely N-dealkylation sites (tertiary alicyclic amines) is 1. The molecule has 0 aliphatic carbocycles. The van der Waals surface area contributed by atoms with E-state index in [-0.39, 0.29) is 17.8 Å². The number of nitro groups is 1. The topological polar surface area (TPSA) is 84.7 Å². The Kier molecular flexibility index (Phi) is 6.54. The lowest BCUT2D eigenvalue weighted by Gasteiger charge is -2.33. The Morgan fingerprint density at radius 2 is 2.33 bits per heavy atom. The minimum Gasteiger partial charge on any atom is -0.381 e. The van der Waals surface area contributed by atoms with E-state index in [1.165, 1.54) is 12.1 Å². The van der Waals surface area contributed by atoms with Crippen LogP contribution in [0.25, 0.3) is 0 Å². The Balaban J connectivity index is 1.93. The maximum Gasteiger partial charge on any atom is 0.317 e. The quantitative estimate of drug-likeness (QED) is 0.639. The first-order valence-corrected chi connectivity index (χ1v) is 8.38. The highest BCUT2D eigenvalue weighted by Crippen LogP contribution is 2.21. The van der Waals surface area contributed by atoms with Crippen molar-refractivity contribution in [1.29, 1.82) is 0 Å². The Bertz CT molecular complexity index is 579. The number of non-ortho nitro benzene ring substituents is 1. The molecule has 1 heterocycles. The average Bonchev–Trinajstić information content (AvgIpc) is 2.60. The van der Waals surface area contributed by atoms with Crippen molar-refractivity contribution < 1.29 is 14.5 Å². The zero-order chi connectivity index (χ0) is 17.5. The predicted molar refractivity (Wildman–Crippen MR) is 90.8 cm³/mol. The Morgan fingerprint density at radius 3 is 3.04 bits per heavy atom. The number of nitro benzene ring substituents is 1. The molecule has 7 nitrogen and oxygen atoms in total. The van der Waals surface area contributed by atoms with Crippen molar-refractivity contribution in [3.8, 4) is 0 Å². The number of ether oxygens (including phenoxy) is 1. The number of urea groups is 1. The first-order chi connectivity index (χ1) is 11.5. The van der Waals surface area contributed by atoms with E-state index in [1.807, 2.05) is 13.8 Å². The third-order valence-electron chi connectivity index (χ3n) is 4.28. The number of hydrogen-bond acceptors (Lipinski definition) is 4. The van der Waals surface area contributed by atoms with E-state index in [0.717, 1.165) is 24.9 Å². The maximum atomic E-state index is 12.5. The van der Waals surface area contributed by atoms with Crippen LogP contribution >= 0.6 is 0 Å². The van der Waals surface area contributed by atoms with E-state index in [2.05, 4.69) is 5.32 Å². The summed E-state index contributed by atoms with van der Waals surface area (Å²) >= 11 is 0. The summed E-state index contributed by atoms with van der Waals surface area (Å²) < 4.78 is 5.46. The predicted octanol–water partition coefficient (Wildman–Crippen LogP) is 3.11. The summed E-state index contributed by atoms with van der Waals surface area (Å²) in [6.07, 6.45) is 2.04. The molecule has 2 atom stereocenters. The van der Waals surface area contributed by atoms with Gasteiger partial charge in [0.2, 0.25) is 0 Å². The van der Waals surface area contributed by atoms with Crippen LogP contribution in [-0.4, -0.2) is 42.2 Å². The van der Waals surface area contributed by atoms with Gasteiger partial charge in [-0.3, -0.25) is 10.1 Å². The van der Waals surface area contributed by atoms with Crippen molar-refractivity contribution in [2.75, 3.05) is 26.3 Å². The van der Waals surface area contributed by atoms with Gasteiger partial charge < -0.3 is 15.0 Å². The smallest absolute Gasteiger partial charge is 0.317 e. The minimum absolute atomic E-state index is 0.0309. The van der Waals surface area contributed by atoms with Crippen LogP contribution in [-0.2, 0) is 4.74 Å². The molecule has 0 spiro atoms. The number of nitrogens with one attached hydrogen (secondary N) is 1. The lowest BCUT2D eigenvalue weighted by atomic mass is 9.99.